The van der Waals surface area contributed by atoms with E-state index in [2.05, 4.69) is 4.98 Å². The first-order valence-electron chi connectivity index (χ1n) is 4.71. The van der Waals surface area contributed by atoms with Gasteiger partial charge in [0.2, 0.25) is 0 Å². The Hall–Kier alpha value is -1.58. The summed E-state index contributed by atoms with van der Waals surface area (Å²) in [5.74, 6) is -0.163. The minimum absolute atomic E-state index is 0.00816. The number of aromatic hydroxyl groups is 1. The van der Waals surface area contributed by atoms with E-state index >= 15 is 0 Å². The van der Waals surface area contributed by atoms with Crippen LogP contribution in [-0.2, 0) is 0 Å². The lowest BCUT2D eigenvalue weighted by Crippen LogP contribution is -1.88. The molecule has 0 bridgehead atoms. The molecular formula is C12H7Cl2NO2. The summed E-state index contributed by atoms with van der Waals surface area (Å²) < 4.78 is 0. The first kappa shape index (κ1) is 11.9. The average molecular weight is 268 g/mol. The largest absolute Gasteiger partial charge is 0.506 e. The van der Waals surface area contributed by atoms with Gasteiger partial charge in [0.15, 0.2) is 6.29 Å². The Labute approximate surface area is 108 Å². The van der Waals surface area contributed by atoms with Crippen LogP contribution in [0.25, 0.3) is 11.1 Å². The molecular weight excluding hydrogens is 261 g/mol. The molecule has 1 heterocycles. The van der Waals surface area contributed by atoms with E-state index in [9.17, 15) is 9.90 Å². The van der Waals surface area contributed by atoms with Gasteiger partial charge in [0.1, 0.15) is 11.4 Å². The van der Waals surface area contributed by atoms with Crippen molar-refractivity contribution >= 4 is 29.5 Å². The first-order valence-corrected chi connectivity index (χ1v) is 5.47. The third-order valence-corrected chi connectivity index (χ3v) is 3.00. The lowest BCUT2D eigenvalue weighted by Gasteiger charge is -2.04. The number of hydrogen-bond donors (Lipinski definition) is 1. The van der Waals surface area contributed by atoms with Gasteiger partial charge in [0.05, 0.1) is 10.0 Å². The van der Waals surface area contributed by atoms with Crippen molar-refractivity contribution in [3.63, 3.8) is 0 Å². The van der Waals surface area contributed by atoms with Crippen LogP contribution in [0.4, 0.5) is 0 Å². The van der Waals surface area contributed by atoms with Crippen molar-refractivity contribution < 1.29 is 9.90 Å². The summed E-state index contributed by atoms with van der Waals surface area (Å²) >= 11 is 11.7. The van der Waals surface area contributed by atoms with Crippen molar-refractivity contribution in [2.45, 2.75) is 0 Å². The molecule has 0 aliphatic rings. The fourth-order valence-corrected chi connectivity index (χ4v) is 1.69. The molecule has 3 nitrogen and oxygen atoms in total. The smallest absolute Gasteiger partial charge is 0.172 e. The van der Waals surface area contributed by atoms with Crippen LogP contribution in [0.2, 0.25) is 10.0 Å². The second-order valence-electron chi connectivity index (χ2n) is 3.38. The number of aldehydes is 1. The standard InChI is InChI=1S/C12H7Cl2NO2/c13-9-2-1-7(3-10(9)14)8-4-12(17)11(6-16)15-5-8/h1-6,17H. The van der Waals surface area contributed by atoms with Crippen molar-refractivity contribution in [2.75, 3.05) is 0 Å². The number of rotatable bonds is 2. The van der Waals surface area contributed by atoms with Gasteiger partial charge in [-0.25, -0.2) is 4.98 Å². The molecule has 0 fully saturated rings. The maximum Gasteiger partial charge on any atom is 0.172 e. The summed E-state index contributed by atoms with van der Waals surface area (Å²) in [6.07, 6.45) is 1.98. The van der Waals surface area contributed by atoms with Crippen LogP contribution in [0.15, 0.2) is 30.5 Å². The Balaban J connectivity index is 2.49. The lowest BCUT2D eigenvalue weighted by atomic mass is 10.1. The van der Waals surface area contributed by atoms with E-state index in [0.717, 1.165) is 5.56 Å². The topological polar surface area (TPSA) is 50.2 Å². The van der Waals surface area contributed by atoms with Gasteiger partial charge in [0.25, 0.3) is 0 Å². The monoisotopic (exact) mass is 267 g/mol. The molecule has 5 heteroatoms. The van der Waals surface area contributed by atoms with Crippen LogP contribution in [0.1, 0.15) is 10.5 Å². The fourth-order valence-electron chi connectivity index (χ4n) is 1.39. The molecule has 0 spiro atoms. The fraction of sp³-hybridized carbons (Fsp3) is 0. The molecule has 0 aliphatic carbocycles. The number of hydrogen-bond acceptors (Lipinski definition) is 3. The summed E-state index contributed by atoms with van der Waals surface area (Å²) in [6, 6.07) is 6.53. The highest BCUT2D eigenvalue weighted by atomic mass is 35.5. The molecule has 17 heavy (non-hydrogen) atoms. The summed E-state index contributed by atoms with van der Waals surface area (Å²) in [6.45, 7) is 0. The molecule has 1 aromatic heterocycles. The highest BCUT2D eigenvalue weighted by Gasteiger charge is 2.06. The van der Waals surface area contributed by atoms with Crippen molar-refractivity contribution in [2.24, 2.45) is 0 Å². The van der Waals surface area contributed by atoms with Crippen LogP contribution in [-0.4, -0.2) is 16.4 Å². The third kappa shape index (κ3) is 2.40. The van der Waals surface area contributed by atoms with Crippen LogP contribution in [0.3, 0.4) is 0 Å². The van der Waals surface area contributed by atoms with Crippen LogP contribution < -0.4 is 0 Å². The van der Waals surface area contributed by atoms with E-state index in [1.165, 1.54) is 12.3 Å². The summed E-state index contributed by atoms with van der Waals surface area (Å²) in [7, 11) is 0. The SMILES string of the molecule is O=Cc1ncc(-c2ccc(Cl)c(Cl)c2)cc1O. The summed E-state index contributed by atoms with van der Waals surface area (Å²) in [5, 5.41) is 10.4. The third-order valence-electron chi connectivity index (χ3n) is 2.26. The summed E-state index contributed by atoms with van der Waals surface area (Å²) in [5.41, 5.74) is 1.43. The van der Waals surface area contributed by atoms with Crippen LogP contribution in [0.5, 0.6) is 5.75 Å². The zero-order chi connectivity index (χ0) is 12.4. The number of carbonyl (C=O) groups excluding carboxylic acids is 1. The van der Waals surface area contributed by atoms with E-state index in [1.807, 2.05) is 0 Å². The molecule has 2 aromatic rings. The van der Waals surface area contributed by atoms with Gasteiger partial charge in [-0.1, -0.05) is 29.3 Å². The number of halogens is 2. The molecule has 0 amide bonds. The second kappa shape index (κ2) is 4.73. The lowest BCUT2D eigenvalue weighted by molar-refractivity contribution is 0.111. The maximum absolute atomic E-state index is 10.5. The Morgan fingerprint density at radius 3 is 2.47 bits per heavy atom. The molecule has 0 saturated heterocycles. The van der Waals surface area contributed by atoms with Crippen molar-refractivity contribution in [3.05, 3.63) is 46.2 Å². The van der Waals surface area contributed by atoms with E-state index < -0.39 is 0 Å². The minimum atomic E-state index is -0.163. The van der Waals surface area contributed by atoms with Crippen molar-refractivity contribution in [1.29, 1.82) is 0 Å². The van der Waals surface area contributed by atoms with Gasteiger partial charge in [-0.05, 0) is 23.8 Å². The molecule has 0 aliphatic heterocycles. The van der Waals surface area contributed by atoms with Gasteiger partial charge in [0, 0.05) is 11.8 Å². The van der Waals surface area contributed by atoms with Gasteiger partial charge in [-0.15, -0.1) is 0 Å². The number of carbonyl (C=O) groups is 1. The quantitative estimate of drug-likeness (QED) is 0.847. The molecule has 0 unspecified atom stereocenters. The number of nitrogens with zero attached hydrogens (tertiary/aromatic N) is 1. The number of pyridine rings is 1. The Morgan fingerprint density at radius 1 is 1.12 bits per heavy atom. The van der Waals surface area contributed by atoms with Crippen molar-refractivity contribution in [3.8, 4) is 16.9 Å². The highest BCUT2D eigenvalue weighted by molar-refractivity contribution is 6.42. The number of benzene rings is 1. The van der Waals surface area contributed by atoms with Gasteiger partial charge in [-0.2, -0.15) is 0 Å². The van der Waals surface area contributed by atoms with Crippen LogP contribution >= 0.6 is 23.2 Å². The number of aromatic nitrogens is 1. The average Bonchev–Trinajstić information content (AvgIpc) is 2.32. The minimum Gasteiger partial charge on any atom is -0.506 e. The Morgan fingerprint density at radius 2 is 1.88 bits per heavy atom. The predicted octanol–water partition coefficient (Wildman–Crippen LogP) is 3.57. The predicted molar refractivity (Wildman–Crippen MR) is 66.7 cm³/mol. The maximum atomic E-state index is 10.5. The second-order valence-corrected chi connectivity index (χ2v) is 4.19. The Kier molecular flexibility index (Phi) is 3.31. The highest BCUT2D eigenvalue weighted by Crippen LogP contribution is 2.29. The molecule has 1 aromatic carbocycles. The molecule has 86 valence electrons. The Bertz CT molecular complexity index is 585. The zero-order valence-electron chi connectivity index (χ0n) is 8.52. The normalized spacial score (nSPS) is 10.2. The van der Waals surface area contributed by atoms with E-state index in [-0.39, 0.29) is 11.4 Å². The molecule has 0 saturated carbocycles. The van der Waals surface area contributed by atoms with Gasteiger partial charge in [-0.3, -0.25) is 4.79 Å². The summed E-state index contributed by atoms with van der Waals surface area (Å²) in [4.78, 5) is 14.3. The van der Waals surface area contributed by atoms with Gasteiger partial charge < -0.3 is 5.11 Å². The molecule has 0 atom stereocenters. The van der Waals surface area contributed by atoms with E-state index in [1.54, 1.807) is 18.2 Å². The van der Waals surface area contributed by atoms with E-state index in [0.29, 0.717) is 21.9 Å². The van der Waals surface area contributed by atoms with Crippen LogP contribution in [0, 0.1) is 0 Å². The van der Waals surface area contributed by atoms with Gasteiger partial charge >= 0.3 is 0 Å². The molecule has 0 radical (unpaired) electrons. The first-order chi connectivity index (χ1) is 8.11. The van der Waals surface area contributed by atoms with E-state index in [4.69, 9.17) is 23.2 Å². The van der Waals surface area contributed by atoms with Crippen molar-refractivity contribution in [1.82, 2.24) is 4.98 Å². The molecule has 1 N–H and O–H groups in total. The zero-order valence-corrected chi connectivity index (χ0v) is 10.0. The molecule has 2 rings (SSSR count).